The van der Waals surface area contributed by atoms with Crippen molar-refractivity contribution in [3.05, 3.63) is 0 Å². The maximum Gasteiger partial charge on any atom is 1.00 e. The van der Waals surface area contributed by atoms with Crippen LogP contribution in [0.4, 0.5) is 0 Å². The Morgan fingerprint density at radius 3 is 2.25 bits per heavy atom. The number of rotatable bonds is 3. The molecule has 0 aromatic heterocycles. The largest absolute Gasteiger partial charge is 1.00 e. The minimum atomic E-state index is -1.07. The van der Waals surface area contributed by atoms with Crippen LogP contribution >= 0.6 is 0 Å². The molecule has 66 valence electrons. The number of carbonyl (C=O) groups excluding carboxylic acids is 1. The molecule has 7 heteroatoms. The molecule has 0 saturated carbocycles. The summed E-state index contributed by atoms with van der Waals surface area (Å²) >= 11 is 4.55. The van der Waals surface area contributed by atoms with Crippen molar-refractivity contribution in [1.82, 2.24) is 5.32 Å². The van der Waals surface area contributed by atoms with Crippen LogP contribution in [0.15, 0.2) is 0 Å². The minimum absolute atomic E-state index is 0. The summed E-state index contributed by atoms with van der Waals surface area (Å²) in [5.41, 5.74) is 0. The molecule has 0 aliphatic carbocycles. The van der Waals surface area contributed by atoms with Gasteiger partial charge in [-0.05, 0) is 0 Å². The zero-order chi connectivity index (χ0) is 8.15. The Morgan fingerprint density at radius 1 is 1.58 bits per heavy atom. The van der Waals surface area contributed by atoms with Crippen molar-refractivity contribution in [3.8, 4) is 0 Å². The van der Waals surface area contributed by atoms with Gasteiger partial charge in [-0.1, -0.05) is 12.2 Å². The molecule has 5 nitrogen and oxygen atoms in total. The van der Waals surface area contributed by atoms with Crippen LogP contribution in [0.3, 0.4) is 0 Å². The molecule has 4 N–H and O–H groups in total. The van der Waals surface area contributed by atoms with Crippen LogP contribution in [0.5, 0.6) is 0 Å². The molecule has 0 aliphatic heterocycles. The molecule has 1 unspecified atom stereocenters. The number of hydrogen-bond acceptors (Lipinski definition) is 3. The van der Waals surface area contributed by atoms with E-state index >= 15 is 0 Å². The second-order valence-corrected chi connectivity index (χ2v) is 2.46. The van der Waals surface area contributed by atoms with E-state index in [0.29, 0.717) is 0 Å². The zero-order valence-corrected chi connectivity index (χ0v) is 9.77. The van der Waals surface area contributed by atoms with Gasteiger partial charge in [-0.2, -0.15) is 0 Å². The minimum Gasteiger partial charge on any atom is -0.780 e. The van der Waals surface area contributed by atoms with Crippen molar-refractivity contribution in [2.45, 2.75) is 12.2 Å². The van der Waals surface area contributed by atoms with Crippen molar-refractivity contribution in [3.63, 3.8) is 0 Å². The fourth-order valence-electron chi connectivity index (χ4n) is 0.306. The summed E-state index contributed by atoms with van der Waals surface area (Å²) in [5, 5.41) is 9.66. The summed E-state index contributed by atoms with van der Waals surface area (Å²) in [6.45, 7) is 1.16. The summed E-state index contributed by atoms with van der Waals surface area (Å²) < 4.78 is 0. The Kier molecular flexibility index (Phi) is 14.1. The average Bonchev–Trinajstić information content (AvgIpc) is 1.82. The average molecular weight is 203 g/mol. The van der Waals surface area contributed by atoms with Crippen LogP contribution in [0.2, 0.25) is 0 Å². The van der Waals surface area contributed by atoms with Gasteiger partial charge < -0.3 is 28.5 Å². The quantitative estimate of drug-likeness (QED) is 0.356. The van der Waals surface area contributed by atoms with E-state index in [0.717, 1.165) is 0 Å². The molecule has 1 atom stereocenters. The number of carboxylic acids is 1. The third-order valence-corrected chi connectivity index (χ3v) is 0.997. The maximum absolute atomic E-state index is 10.6. The molecule has 0 bridgehead atoms. The smallest absolute Gasteiger partial charge is 0.780 e. The number of amides is 1. The summed E-state index contributed by atoms with van der Waals surface area (Å²) in [6, 6.07) is 0. The Hall–Kier alpha value is 0.250. The second kappa shape index (κ2) is 9.34. The first-order valence-corrected chi connectivity index (χ1v) is 3.16. The Labute approximate surface area is 97.9 Å². The van der Waals surface area contributed by atoms with E-state index in [1.54, 1.807) is 0 Å². The Bertz CT molecular complexity index is 152. The Morgan fingerprint density at radius 2 is 2.00 bits per heavy atom. The first kappa shape index (κ1) is 18.1. The molecular formula is C5H10NNaO4S. The van der Waals surface area contributed by atoms with Gasteiger partial charge in [0, 0.05) is 0 Å². The first-order valence-electron chi connectivity index (χ1n) is 2.69. The first-order chi connectivity index (χ1) is 4.54. The molecule has 0 radical (unpaired) electrons. The molecule has 0 fully saturated rings. The van der Waals surface area contributed by atoms with Gasteiger partial charge in [0.15, 0.2) is 5.91 Å². The predicted octanol–water partition coefficient (Wildman–Crippen LogP) is -4.70. The van der Waals surface area contributed by atoms with Crippen LogP contribution in [-0.2, 0) is 22.2 Å². The van der Waals surface area contributed by atoms with Crippen molar-refractivity contribution in [2.24, 2.45) is 0 Å². The van der Waals surface area contributed by atoms with Crippen molar-refractivity contribution in [1.29, 1.82) is 0 Å². The van der Waals surface area contributed by atoms with E-state index in [2.05, 4.69) is 17.9 Å². The number of aliphatic carboxylic acids is 1. The summed E-state index contributed by atoms with van der Waals surface area (Å²) in [7, 11) is 0. The number of nitrogens with one attached hydrogen (secondary N) is 1. The number of hydrogen-bond donors (Lipinski definition) is 2. The molecule has 0 saturated heterocycles. The molecule has 0 rings (SSSR count). The maximum atomic E-state index is 10.6. The monoisotopic (exact) mass is 203 g/mol. The Balaban J connectivity index is -0.000000405. The predicted molar refractivity (Wildman–Crippen MR) is 41.1 cm³/mol. The van der Waals surface area contributed by atoms with E-state index in [-0.39, 0.29) is 41.6 Å². The van der Waals surface area contributed by atoms with Gasteiger partial charge in [0.1, 0.15) is 6.54 Å². The molecule has 1 amide bonds. The second-order valence-electron chi connectivity index (χ2n) is 1.75. The van der Waals surface area contributed by atoms with Gasteiger partial charge in [-0.15, -0.1) is 0 Å². The van der Waals surface area contributed by atoms with Crippen LogP contribution < -0.4 is 34.9 Å². The molecule has 0 aliphatic rings. The van der Waals surface area contributed by atoms with Gasteiger partial charge in [0.05, 0.1) is 0 Å². The number of carboxylic acid groups (broad SMARTS) is 1. The zero-order valence-electron chi connectivity index (χ0n) is 6.96. The van der Waals surface area contributed by atoms with Gasteiger partial charge in [0.2, 0.25) is 0 Å². The van der Waals surface area contributed by atoms with Gasteiger partial charge in [0.25, 0.3) is 0 Å². The summed E-state index contributed by atoms with van der Waals surface area (Å²) in [6.07, 6.45) is 0. The van der Waals surface area contributed by atoms with Gasteiger partial charge in [-0.25, -0.2) is 0 Å². The molecule has 0 aromatic rings. The standard InChI is InChI=1S/C5H9NO3S.Na.H2O/c1-3(10)5(9)6-2-4(7)8;;/h3,10H,2H2,1H3,(H,6,9)(H,7,8);;1H2/q;+1;/p-1. The summed E-state index contributed by atoms with van der Waals surface area (Å²) in [4.78, 5) is 20.4. The third-order valence-electron chi connectivity index (χ3n) is 0.783. The van der Waals surface area contributed by atoms with Crippen LogP contribution in [0, 0.1) is 0 Å². The molecular weight excluding hydrogens is 193 g/mol. The van der Waals surface area contributed by atoms with E-state index in [1.165, 1.54) is 6.92 Å². The topological polar surface area (TPSA) is 97.9 Å². The fraction of sp³-hybridized carbons (Fsp3) is 0.600. The molecule has 12 heavy (non-hydrogen) atoms. The van der Waals surface area contributed by atoms with Gasteiger partial charge >= 0.3 is 35.5 Å². The van der Waals surface area contributed by atoms with Crippen LogP contribution in [0.1, 0.15) is 6.92 Å². The van der Waals surface area contributed by atoms with Crippen LogP contribution in [0.25, 0.3) is 0 Å². The summed E-state index contributed by atoms with van der Waals surface area (Å²) in [5.74, 6) is -1.48. The fourth-order valence-corrected chi connectivity index (χ4v) is 0.390. The van der Waals surface area contributed by atoms with Gasteiger partial charge in [-0.3, -0.25) is 9.59 Å². The number of carbonyl (C=O) groups is 2. The van der Waals surface area contributed by atoms with Crippen molar-refractivity contribution < 1.29 is 49.7 Å². The van der Waals surface area contributed by atoms with E-state index < -0.39 is 17.1 Å². The third kappa shape index (κ3) is 10.2. The SMILES string of the molecule is CC([S-])C(=O)NCC(=O)O.O.[Na+]. The van der Waals surface area contributed by atoms with E-state index in [4.69, 9.17) is 5.11 Å². The normalized spacial score (nSPS) is 10.2. The van der Waals surface area contributed by atoms with Crippen molar-refractivity contribution >= 4 is 24.5 Å². The van der Waals surface area contributed by atoms with Crippen molar-refractivity contribution in [2.75, 3.05) is 6.54 Å². The molecule has 0 spiro atoms. The van der Waals surface area contributed by atoms with Crippen LogP contribution in [-0.4, -0.2) is 34.3 Å². The van der Waals surface area contributed by atoms with E-state index in [1.807, 2.05) is 0 Å². The van der Waals surface area contributed by atoms with E-state index in [9.17, 15) is 9.59 Å². The molecule has 0 heterocycles. The molecule has 0 aromatic carbocycles.